The Labute approximate surface area is 110 Å². The molecular formula is C14H20O3S. The van der Waals surface area contributed by atoms with Crippen molar-refractivity contribution in [1.29, 1.82) is 0 Å². The average molecular weight is 268 g/mol. The van der Waals surface area contributed by atoms with Crippen molar-refractivity contribution in [3.05, 3.63) is 42.0 Å². The average Bonchev–Trinajstić information content (AvgIpc) is 2.35. The van der Waals surface area contributed by atoms with Gasteiger partial charge in [-0.3, -0.25) is 4.18 Å². The van der Waals surface area contributed by atoms with Gasteiger partial charge in [-0.25, -0.2) is 0 Å². The van der Waals surface area contributed by atoms with Gasteiger partial charge in [0.15, 0.2) is 0 Å². The summed E-state index contributed by atoms with van der Waals surface area (Å²) in [6.45, 7) is 8.02. The fourth-order valence-electron chi connectivity index (χ4n) is 1.44. The maximum atomic E-state index is 11.8. The predicted molar refractivity (Wildman–Crippen MR) is 73.0 cm³/mol. The van der Waals surface area contributed by atoms with Crippen LogP contribution in [0.5, 0.6) is 0 Å². The second-order valence-electron chi connectivity index (χ2n) is 4.30. The van der Waals surface area contributed by atoms with Gasteiger partial charge < -0.3 is 0 Å². The van der Waals surface area contributed by atoms with E-state index in [0.717, 1.165) is 24.0 Å². The summed E-state index contributed by atoms with van der Waals surface area (Å²) in [5, 5.41) is 0. The van der Waals surface area contributed by atoms with Gasteiger partial charge in [0.05, 0.1) is 11.5 Å². The second kappa shape index (κ2) is 6.71. The van der Waals surface area contributed by atoms with Crippen molar-refractivity contribution in [3.63, 3.8) is 0 Å². The zero-order chi connectivity index (χ0) is 13.6. The van der Waals surface area contributed by atoms with Gasteiger partial charge in [-0.05, 0) is 38.3 Å². The fourth-order valence-corrected chi connectivity index (χ4v) is 2.38. The largest absolute Gasteiger partial charge is 0.296 e. The number of allylic oxidation sites excluding steroid dienone is 1. The van der Waals surface area contributed by atoms with Crippen LogP contribution in [-0.2, 0) is 14.3 Å². The van der Waals surface area contributed by atoms with E-state index in [1.165, 1.54) is 0 Å². The molecule has 0 saturated heterocycles. The minimum atomic E-state index is -3.61. The Morgan fingerprint density at radius 2 is 1.89 bits per heavy atom. The topological polar surface area (TPSA) is 43.4 Å². The molecule has 1 rings (SSSR count). The van der Waals surface area contributed by atoms with Crippen molar-refractivity contribution < 1.29 is 12.6 Å². The Hall–Kier alpha value is -1.13. The van der Waals surface area contributed by atoms with Gasteiger partial charge in [-0.2, -0.15) is 8.42 Å². The van der Waals surface area contributed by atoms with E-state index in [1.807, 2.05) is 13.8 Å². The Bertz CT molecular complexity index is 486. The third-order valence-electron chi connectivity index (χ3n) is 2.72. The van der Waals surface area contributed by atoms with Crippen LogP contribution in [0.1, 0.15) is 31.7 Å². The molecule has 0 fully saturated rings. The molecule has 0 radical (unpaired) electrons. The summed E-state index contributed by atoms with van der Waals surface area (Å²) in [5.41, 5.74) is 2.14. The first kappa shape index (κ1) is 14.9. The molecule has 0 N–H and O–H groups in total. The minimum Gasteiger partial charge on any atom is -0.266 e. The van der Waals surface area contributed by atoms with Crippen molar-refractivity contribution >= 4 is 10.1 Å². The Morgan fingerprint density at radius 1 is 1.28 bits per heavy atom. The number of aryl methyl sites for hydroxylation is 1. The van der Waals surface area contributed by atoms with E-state index in [0.29, 0.717) is 6.42 Å². The van der Waals surface area contributed by atoms with Crippen LogP contribution < -0.4 is 0 Å². The molecule has 18 heavy (non-hydrogen) atoms. The normalized spacial score (nSPS) is 11.4. The highest BCUT2D eigenvalue weighted by Crippen LogP contribution is 2.14. The van der Waals surface area contributed by atoms with Crippen LogP contribution >= 0.6 is 0 Å². The summed E-state index contributed by atoms with van der Waals surface area (Å²) in [7, 11) is -3.61. The molecule has 4 heteroatoms. The highest BCUT2D eigenvalue weighted by atomic mass is 32.2. The van der Waals surface area contributed by atoms with Crippen molar-refractivity contribution in [2.45, 2.75) is 38.0 Å². The fraction of sp³-hybridized carbons (Fsp3) is 0.429. The Morgan fingerprint density at radius 3 is 2.44 bits per heavy atom. The Kier molecular flexibility index (Phi) is 5.56. The molecule has 0 aliphatic rings. The summed E-state index contributed by atoms with van der Waals surface area (Å²) >= 11 is 0. The lowest BCUT2D eigenvalue weighted by molar-refractivity contribution is 0.312. The summed E-state index contributed by atoms with van der Waals surface area (Å²) in [5.74, 6) is 0. The summed E-state index contributed by atoms with van der Waals surface area (Å²) in [6, 6.07) is 6.65. The third-order valence-corrected chi connectivity index (χ3v) is 4.05. The molecule has 0 aliphatic carbocycles. The molecule has 0 amide bonds. The zero-order valence-corrected chi connectivity index (χ0v) is 11.8. The molecule has 0 aromatic heterocycles. The summed E-state index contributed by atoms with van der Waals surface area (Å²) in [6.07, 6.45) is 2.41. The number of benzene rings is 1. The van der Waals surface area contributed by atoms with Crippen LogP contribution in [0.15, 0.2) is 41.3 Å². The number of hydrogen-bond acceptors (Lipinski definition) is 3. The first-order valence-electron chi connectivity index (χ1n) is 6.08. The van der Waals surface area contributed by atoms with E-state index in [1.54, 1.807) is 24.3 Å². The van der Waals surface area contributed by atoms with Crippen LogP contribution in [0.4, 0.5) is 0 Å². The SMILES string of the molecule is C=C(CC)CCCOS(=O)(=O)c1ccc(C)cc1. The van der Waals surface area contributed by atoms with Gasteiger partial charge in [0, 0.05) is 0 Å². The number of rotatable bonds is 7. The first-order valence-corrected chi connectivity index (χ1v) is 7.49. The predicted octanol–water partition coefficient (Wildman–Crippen LogP) is 3.45. The molecule has 0 aliphatic heterocycles. The molecular weight excluding hydrogens is 248 g/mol. The van der Waals surface area contributed by atoms with E-state index >= 15 is 0 Å². The second-order valence-corrected chi connectivity index (χ2v) is 5.91. The Balaban J connectivity index is 2.50. The highest BCUT2D eigenvalue weighted by Gasteiger charge is 2.14. The smallest absolute Gasteiger partial charge is 0.266 e. The van der Waals surface area contributed by atoms with Gasteiger partial charge in [0.2, 0.25) is 0 Å². The van der Waals surface area contributed by atoms with Gasteiger partial charge in [-0.1, -0.05) is 36.8 Å². The maximum Gasteiger partial charge on any atom is 0.296 e. The molecule has 100 valence electrons. The van der Waals surface area contributed by atoms with Crippen molar-refractivity contribution in [3.8, 4) is 0 Å². The van der Waals surface area contributed by atoms with Crippen LogP contribution in [0.2, 0.25) is 0 Å². The quantitative estimate of drug-likeness (QED) is 0.432. The lowest BCUT2D eigenvalue weighted by Gasteiger charge is -2.06. The molecule has 1 aromatic rings. The van der Waals surface area contributed by atoms with Crippen molar-refractivity contribution in [2.75, 3.05) is 6.61 Å². The lowest BCUT2D eigenvalue weighted by Crippen LogP contribution is -2.07. The molecule has 3 nitrogen and oxygen atoms in total. The molecule has 0 heterocycles. The van der Waals surface area contributed by atoms with Crippen LogP contribution in [0.3, 0.4) is 0 Å². The van der Waals surface area contributed by atoms with Gasteiger partial charge in [0.25, 0.3) is 10.1 Å². The van der Waals surface area contributed by atoms with E-state index in [4.69, 9.17) is 4.18 Å². The van der Waals surface area contributed by atoms with Gasteiger partial charge >= 0.3 is 0 Å². The third kappa shape index (κ3) is 4.63. The van der Waals surface area contributed by atoms with E-state index in [9.17, 15) is 8.42 Å². The monoisotopic (exact) mass is 268 g/mol. The standard InChI is InChI=1S/C14H20O3S/c1-4-12(2)6-5-11-17-18(15,16)14-9-7-13(3)8-10-14/h7-10H,2,4-6,11H2,1,3H3. The van der Waals surface area contributed by atoms with Crippen molar-refractivity contribution in [1.82, 2.24) is 0 Å². The zero-order valence-electron chi connectivity index (χ0n) is 11.0. The molecule has 0 unspecified atom stereocenters. The van der Waals surface area contributed by atoms with Crippen LogP contribution in [0, 0.1) is 6.92 Å². The van der Waals surface area contributed by atoms with Gasteiger partial charge in [-0.15, -0.1) is 0 Å². The minimum absolute atomic E-state index is 0.204. The lowest BCUT2D eigenvalue weighted by atomic mass is 10.1. The van der Waals surface area contributed by atoms with E-state index in [-0.39, 0.29) is 11.5 Å². The maximum absolute atomic E-state index is 11.8. The highest BCUT2D eigenvalue weighted by molar-refractivity contribution is 7.86. The first-order chi connectivity index (χ1) is 8.45. The summed E-state index contributed by atoms with van der Waals surface area (Å²) < 4.78 is 28.6. The summed E-state index contributed by atoms with van der Waals surface area (Å²) in [4.78, 5) is 0.211. The van der Waals surface area contributed by atoms with E-state index < -0.39 is 10.1 Å². The van der Waals surface area contributed by atoms with Gasteiger partial charge in [0.1, 0.15) is 0 Å². The molecule has 0 saturated carbocycles. The van der Waals surface area contributed by atoms with Crippen LogP contribution in [-0.4, -0.2) is 15.0 Å². The molecule has 0 spiro atoms. The van der Waals surface area contributed by atoms with E-state index in [2.05, 4.69) is 6.58 Å². The molecule has 1 aromatic carbocycles. The van der Waals surface area contributed by atoms with Crippen LogP contribution in [0.25, 0.3) is 0 Å². The molecule has 0 atom stereocenters. The van der Waals surface area contributed by atoms with Crippen molar-refractivity contribution in [2.24, 2.45) is 0 Å². The number of hydrogen-bond donors (Lipinski definition) is 0. The molecule has 0 bridgehead atoms.